The highest BCUT2D eigenvalue weighted by atomic mass is 16.5. The number of ether oxygens (including phenoxy) is 2. The third-order valence-electron chi connectivity index (χ3n) is 6.49. The molecule has 36 heavy (non-hydrogen) atoms. The van der Waals surface area contributed by atoms with E-state index >= 15 is 0 Å². The fraction of sp³-hybridized carbons (Fsp3) is 0.615. The van der Waals surface area contributed by atoms with Crippen LogP contribution in [0.4, 0.5) is 0 Å². The van der Waals surface area contributed by atoms with Gasteiger partial charge < -0.3 is 29.9 Å². The van der Waals surface area contributed by atoms with Gasteiger partial charge in [0.2, 0.25) is 17.7 Å². The number of benzene rings is 1. The number of fused-ring (bicyclic) bond motifs is 1. The van der Waals surface area contributed by atoms with E-state index in [4.69, 9.17) is 9.47 Å². The Bertz CT molecular complexity index is 958. The Morgan fingerprint density at radius 1 is 1.06 bits per heavy atom. The number of amides is 4. The van der Waals surface area contributed by atoms with Gasteiger partial charge in [-0.3, -0.25) is 19.2 Å². The highest BCUT2D eigenvalue weighted by molar-refractivity contribution is 5.99. The lowest BCUT2D eigenvalue weighted by Gasteiger charge is -2.37. The quantitative estimate of drug-likeness (QED) is 0.628. The lowest BCUT2D eigenvalue weighted by Crippen LogP contribution is -2.55. The second kappa shape index (κ2) is 12.2. The highest BCUT2D eigenvalue weighted by Gasteiger charge is 2.33. The molecule has 0 unspecified atom stereocenters. The third kappa shape index (κ3) is 7.19. The van der Waals surface area contributed by atoms with E-state index in [1.807, 2.05) is 27.7 Å². The zero-order chi connectivity index (χ0) is 26.4. The molecule has 2 N–H and O–H groups in total. The zero-order valence-corrected chi connectivity index (χ0v) is 21.8. The SMILES string of the molecule is CC(C)[C@H]1COc2ccccc2C(=O)N[C@H](C(=O)N2C[C@@H](C)O[C@@H](C)C2)CCC(=O)N(C)CC(=O)N1. The lowest BCUT2D eigenvalue weighted by atomic mass is 10.1. The van der Waals surface area contributed by atoms with E-state index in [1.165, 1.54) is 4.90 Å². The van der Waals surface area contributed by atoms with E-state index in [0.29, 0.717) is 18.8 Å². The van der Waals surface area contributed by atoms with Gasteiger partial charge in [-0.2, -0.15) is 0 Å². The van der Waals surface area contributed by atoms with Gasteiger partial charge in [0.25, 0.3) is 5.91 Å². The predicted octanol–water partition coefficient (Wildman–Crippen LogP) is 1.19. The molecule has 0 saturated carbocycles. The minimum atomic E-state index is -0.914. The largest absolute Gasteiger partial charge is 0.491 e. The maximum Gasteiger partial charge on any atom is 0.255 e. The summed E-state index contributed by atoms with van der Waals surface area (Å²) >= 11 is 0. The van der Waals surface area contributed by atoms with E-state index in [0.717, 1.165) is 0 Å². The van der Waals surface area contributed by atoms with Crippen molar-refractivity contribution in [1.82, 2.24) is 20.4 Å². The van der Waals surface area contributed by atoms with E-state index in [9.17, 15) is 19.2 Å². The van der Waals surface area contributed by atoms with Crippen LogP contribution in [0.2, 0.25) is 0 Å². The van der Waals surface area contributed by atoms with E-state index < -0.39 is 11.9 Å². The molecule has 0 aliphatic carbocycles. The Hall–Kier alpha value is -3.14. The maximum absolute atomic E-state index is 13.5. The third-order valence-corrected chi connectivity index (χ3v) is 6.49. The average molecular weight is 503 g/mol. The van der Waals surface area contributed by atoms with Crippen molar-refractivity contribution in [1.29, 1.82) is 0 Å². The summed E-state index contributed by atoms with van der Waals surface area (Å²) in [6.07, 6.45) is -0.163. The topological polar surface area (TPSA) is 117 Å². The van der Waals surface area contributed by atoms with Crippen molar-refractivity contribution in [3.63, 3.8) is 0 Å². The molecule has 10 heteroatoms. The van der Waals surface area contributed by atoms with Crippen LogP contribution in [-0.2, 0) is 19.1 Å². The van der Waals surface area contributed by atoms with Crippen LogP contribution in [0.15, 0.2) is 24.3 Å². The molecule has 0 aromatic heterocycles. The number of morpholine rings is 1. The molecule has 0 radical (unpaired) electrons. The van der Waals surface area contributed by atoms with Crippen LogP contribution >= 0.6 is 0 Å². The van der Waals surface area contributed by atoms with E-state index in [1.54, 1.807) is 36.2 Å². The van der Waals surface area contributed by atoms with Crippen molar-refractivity contribution in [2.75, 3.05) is 33.3 Å². The summed E-state index contributed by atoms with van der Waals surface area (Å²) in [6.45, 7) is 8.55. The molecule has 1 aromatic rings. The molecule has 0 spiro atoms. The van der Waals surface area contributed by atoms with Crippen molar-refractivity contribution in [3.05, 3.63) is 29.8 Å². The fourth-order valence-corrected chi connectivity index (χ4v) is 4.45. The summed E-state index contributed by atoms with van der Waals surface area (Å²) in [4.78, 5) is 55.3. The minimum Gasteiger partial charge on any atom is -0.491 e. The van der Waals surface area contributed by atoms with Crippen molar-refractivity contribution in [2.24, 2.45) is 5.92 Å². The van der Waals surface area contributed by atoms with Crippen molar-refractivity contribution >= 4 is 23.6 Å². The molecular weight excluding hydrogens is 464 g/mol. The fourth-order valence-electron chi connectivity index (χ4n) is 4.45. The molecule has 2 heterocycles. The smallest absolute Gasteiger partial charge is 0.255 e. The summed E-state index contributed by atoms with van der Waals surface area (Å²) in [6, 6.07) is 5.56. The van der Waals surface area contributed by atoms with E-state index in [2.05, 4.69) is 10.6 Å². The first-order valence-corrected chi connectivity index (χ1v) is 12.6. The standard InChI is InChI=1S/C26H38N4O6/c1-16(2)21-15-35-22-9-7-6-8-19(22)25(33)28-20(10-11-24(32)29(5)14-23(31)27-21)26(34)30-12-17(3)36-18(4)13-30/h6-9,16-18,20-21H,10-15H2,1-5H3,(H,27,31)(H,28,33)/t17-,18+,20-,21+/m0/s1. The average Bonchev–Trinajstić information content (AvgIpc) is 2.82. The Kier molecular flexibility index (Phi) is 9.31. The van der Waals surface area contributed by atoms with Gasteiger partial charge in [-0.25, -0.2) is 0 Å². The summed E-state index contributed by atoms with van der Waals surface area (Å²) in [5.74, 6) is -0.882. The molecular formula is C26H38N4O6. The molecule has 0 bridgehead atoms. The predicted molar refractivity (Wildman–Crippen MR) is 133 cm³/mol. The number of carbonyl (C=O) groups excluding carboxylic acids is 4. The minimum absolute atomic E-state index is 0.00166. The number of nitrogens with zero attached hydrogens (tertiary/aromatic N) is 2. The molecule has 198 valence electrons. The highest BCUT2D eigenvalue weighted by Crippen LogP contribution is 2.21. The molecule has 1 saturated heterocycles. The normalized spacial score (nSPS) is 26.8. The van der Waals surface area contributed by atoms with Crippen LogP contribution in [0, 0.1) is 5.92 Å². The molecule has 4 atom stereocenters. The number of hydrogen-bond donors (Lipinski definition) is 2. The van der Waals surface area contributed by atoms with E-state index in [-0.39, 0.29) is 73.4 Å². The second-order valence-corrected chi connectivity index (χ2v) is 10.0. The Balaban J connectivity index is 1.90. The zero-order valence-electron chi connectivity index (χ0n) is 21.8. The maximum atomic E-state index is 13.5. The number of rotatable bonds is 2. The van der Waals surface area contributed by atoms with Crippen LogP contribution in [0.25, 0.3) is 0 Å². The molecule has 10 nitrogen and oxygen atoms in total. The second-order valence-electron chi connectivity index (χ2n) is 10.0. The first kappa shape index (κ1) is 27.4. The van der Waals surface area contributed by atoms with Gasteiger partial charge in [-0.05, 0) is 38.3 Å². The van der Waals surface area contributed by atoms with Gasteiger partial charge in [0, 0.05) is 26.6 Å². The summed E-state index contributed by atoms with van der Waals surface area (Å²) in [5.41, 5.74) is 0.283. The summed E-state index contributed by atoms with van der Waals surface area (Å²) < 4.78 is 11.7. The van der Waals surface area contributed by atoms with Gasteiger partial charge >= 0.3 is 0 Å². The van der Waals surface area contributed by atoms with Crippen molar-refractivity contribution in [3.8, 4) is 5.75 Å². The summed E-state index contributed by atoms with van der Waals surface area (Å²) in [7, 11) is 1.55. The van der Waals surface area contributed by atoms with Crippen molar-refractivity contribution < 1.29 is 28.7 Å². The Morgan fingerprint density at radius 2 is 1.72 bits per heavy atom. The van der Waals surface area contributed by atoms with Crippen LogP contribution in [-0.4, -0.2) is 91.0 Å². The molecule has 2 aliphatic rings. The van der Waals surface area contributed by atoms with Gasteiger partial charge in [-0.15, -0.1) is 0 Å². The Morgan fingerprint density at radius 3 is 2.39 bits per heavy atom. The number of hydrogen-bond acceptors (Lipinski definition) is 6. The van der Waals surface area contributed by atoms with Crippen LogP contribution in [0.5, 0.6) is 5.75 Å². The molecule has 4 amide bonds. The van der Waals surface area contributed by atoms with Gasteiger partial charge in [-0.1, -0.05) is 26.0 Å². The molecule has 1 aromatic carbocycles. The number of para-hydroxylation sites is 1. The lowest BCUT2D eigenvalue weighted by molar-refractivity contribution is -0.145. The molecule has 2 aliphatic heterocycles. The van der Waals surface area contributed by atoms with Crippen LogP contribution in [0.3, 0.4) is 0 Å². The number of nitrogens with one attached hydrogen (secondary N) is 2. The Labute approximate surface area is 212 Å². The van der Waals surface area contributed by atoms with Crippen molar-refractivity contribution in [2.45, 2.75) is 64.8 Å². The number of likely N-dealkylation sites (N-methyl/N-ethyl adjacent to an activating group) is 1. The summed E-state index contributed by atoms with van der Waals surface area (Å²) in [5, 5.41) is 5.77. The van der Waals surface area contributed by atoms with Crippen LogP contribution in [0.1, 0.15) is 50.9 Å². The van der Waals surface area contributed by atoms with Gasteiger partial charge in [0.1, 0.15) is 18.4 Å². The molecule has 3 rings (SSSR count). The van der Waals surface area contributed by atoms with Gasteiger partial charge in [0.05, 0.1) is 30.4 Å². The monoisotopic (exact) mass is 502 g/mol. The van der Waals surface area contributed by atoms with Gasteiger partial charge in [0.15, 0.2) is 0 Å². The first-order valence-electron chi connectivity index (χ1n) is 12.6. The number of carbonyl (C=O) groups is 4. The van der Waals surface area contributed by atoms with Crippen LogP contribution < -0.4 is 15.4 Å². The first-order chi connectivity index (χ1) is 17.0. The molecule has 1 fully saturated rings.